The average Bonchev–Trinajstić information content (AvgIpc) is 4.19. The van der Waals surface area contributed by atoms with Crippen LogP contribution in [-0.2, 0) is 65.9 Å². The van der Waals surface area contributed by atoms with Gasteiger partial charge in [0.1, 0.15) is 48.6 Å². The van der Waals surface area contributed by atoms with E-state index in [-0.39, 0.29) is 51.5 Å². The number of aromatic amines is 1. The molecule has 0 fully saturated rings. The minimum atomic E-state index is -1.41. The highest BCUT2D eigenvalue weighted by Crippen LogP contribution is 2.21. The Morgan fingerprint density at radius 2 is 1.16 bits per heavy atom. The largest absolute Gasteiger partial charge is 0.489 e. The molecule has 1 aromatic heterocycles. The maximum absolute atomic E-state index is 15.0. The predicted octanol–water partition coefficient (Wildman–Crippen LogP) is 2.59. The van der Waals surface area contributed by atoms with E-state index in [0.29, 0.717) is 41.9 Å². The van der Waals surface area contributed by atoms with Crippen molar-refractivity contribution in [1.29, 1.82) is 0 Å². The molecular weight excluding hydrogens is 1060 g/mol. The summed E-state index contributed by atoms with van der Waals surface area (Å²) in [7, 11) is 0. The Bertz CT molecular complexity index is 3110. The minimum Gasteiger partial charge on any atom is -0.489 e. The summed E-state index contributed by atoms with van der Waals surface area (Å²) in [5, 5.41) is 40.9. The SMILES string of the molecule is C[C@@H](O)[C@@H](CO)NC(=O)[C@@H]1C/C=C\C[C@H](NC(=O)[C@H](N)Cc2ccccc2)C(=O)N[C@@H](Cc2ccccc2)C(=O)N[C@H](Cc2c[nH]c3ccccc23)C(=O)N[C@@H](CCCCN)C(=O)N[C@@H](Cc2ccc(OCc3ccccc3)cc2)C(=O)N1. The topological polar surface area (TPSA) is 321 Å². The lowest BCUT2D eigenvalue weighted by molar-refractivity contribution is -0.135. The summed E-state index contributed by atoms with van der Waals surface area (Å²) in [6, 6.07) is 31.6. The Morgan fingerprint density at radius 3 is 1.78 bits per heavy atom. The van der Waals surface area contributed by atoms with Crippen LogP contribution in [0.15, 0.2) is 158 Å². The molecule has 6 aromatic rings. The number of benzene rings is 5. The fraction of sp³-hybridized carbons (Fsp3) is 0.349. The number of aromatic nitrogens is 1. The molecule has 9 atom stereocenters. The van der Waals surface area contributed by atoms with Crippen molar-refractivity contribution in [3.05, 3.63) is 186 Å². The number of unbranched alkanes of at least 4 members (excludes halogenated alkanes) is 1. The van der Waals surface area contributed by atoms with Gasteiger partial charge in [0, 0.05) is 36.4 Å². The highest BCUT2D eigenvalue weighted by Gasteiger charge is 2.35. The number of nitrogens with one attached hydrogen (secondary N) is 8. The predicted molar refractivity (Wildman–Crippen MR) is 315 cm³/mol. The van der Waals surface area contributed by atoms with Crippen LogP contribution >= 0.6 is 0 Å². The van der Waals surface area contributed by atoms with E-state index in [4.69, 9.17) is 16.2 Å². The fourth-order valence-corrected chi connectivity index (χ4v) is 9.59. The molecule has 2 heterocycles. The van der Waals surface area contributed by atoms with E-state index in [1.807, 2.05) is 84.9 Å². The van der Waals surface area contributed by atoms with Gasteiger partial charge in [0.25, 0.3) is 0 Å². The first-order valence-electron chi connectivity index (χ1n) is 28.1. The van der Waals surface area contributed by atoms with Gasteiger partial charge < -0.3 is 68.6 Å². The molecule has 0 bridgehead atoms. The number of H-pyrrole nitrogens is 1. The van der Waals surface area contributed by atoms with Crippen LogP contribution in [0, 0.1) is 0 Å². The number of carbonyl (C=O) groups is 7. The van der Waals surface area contributed by atoms with Gasteiger partial charge in [-0.1, -0.05) is 133 Å². The van der Waals surface area contributed by atoms with Crippen molar-refractivity contribution in [2.24, 2.45) is 11.5 Å². The zero-order valence-electron chi connectivity index (χ0n) is 46.5. The number of aliphatic hydroxyl groups is 2. The van der Waals surface area contributed by atoms with Gasteiger partial charge in [0.05, 0.1) is 24.8 Å². The van der Waals surface area contributed by atoms with E-state index in [2.05, 4.69) is 42.2 Å². The first kappa shape index (κ1) is 61.9. The monoisotopic (exact) mass is 1130 g/mol. The van der Waals surface area contributed by atoms with Crippen LogP contribution in [0.25, 0.3) is 10.9 Å². The van der Waals surface area contributed by atoms with Gasteiger partial charge in [-0.2, -0.15) is 0 Å². The van der Waals surface area contributed by atoms with E-state index in [0.717, 1.165) is 22.0 Å². The van der Waals surface area contributed by atoms with E-state index in [9.17, 15) is 39.0 Å². The van der Waals surface area contributed by atoms with Crippen molar-refractivity contribution in [2.75, 3.05) is 13.2 Å². The summed E-state index contributed by atoms with van der Waals surface area (Å²) in [6.45, 7) is 1.31. The molecule has 438 valence electrons. The fourth-order valence-electron chi connectivity index (χ4n) is 9.59. The number of rotatable bonds is 21. The summed E-state index contributed by atoms with van der Waals surface area (Å²) >= 11 is 0. The van der Waals surface area contributed by atoms with Crippen molar-refractivity contribution in [3.8, 4) is 5.75 Å². The molecule has 14 N–H and O–H groups in total. The highest BCUT2D eigenvalue weighted by atomic mass is 16.5. The second-order valence-electron chi connectivity index (χ2n) is 20.8. The lowest BCUT2D eigenvalue weighted by Gasteiger charge is -2.28. The van der Waals surface area contributed by atoms with E-state index >= 15 is 4.79 Å². The summed E-state index contributed by atoms with van der Waals surface area (Å²) in [6.07, 6.45) is 3.97. The van der Waals surface area contributed by atoms with Crippen molar-refractivity contribution < 1.29 is 48.5 Å². The van der Waals surface area contributed by atoms with Crippen LogP contribution in [0.2, 0.25) is 0 Å². The van der Waals surface area contributed by atoms with Crippen LogP contribution in [-0.4, -0.2) is 124 Å². The molecule has 0 aliphatic carbocycles. The minimum absolute atomic E-state index is 0.0450. The third-order valence-electron chi connectivity index (χ3n) is 14.4. The first-order valence-corrected chi connectivity index (χ1v) is 28.1. The Labute approximate surface area is 483 Å². The number of fused-ring (bicyclic) bond motifs is 1. The van der Waals surface area contributed by atoms with E-state index in [1.165, 1.54) is 19.1 Å². The molecular formula is C63H76N10O10. The van der Waals surface area contributed by atoms with Gasteiger partial charge in [-0.3, -0.25) is 33.6 Å². The molecule has 1 aliphatic heterocycles. The second-order valence-corrected chi connectivity index (χ2v) is 20.8. The summed E-state index contributed by atoms with van der Waals surface area (Å²) < 4.78 is 6.01. The van der Waals surface area contributed by atoms with Crippen molar-refractivity contribution in [3.63, 3.8) is 0 Å². The number of hydrogen-bond acceptors (Lipinski definition) is 12. The Kier molecular flexibility index (Phi) is 23.5. The first-order chi connectivity index (χ1) is 40.2. The molecule has 5 aromatic carbocycles. The maximum Gasteiger partial charge on any atom is 0.243 e. The van der Waals surface area contributed by atoms with E-state index in [1.54, 1.807) is 60.8 Å². The molecule has 0 radical (unpaired) electrons. The van der Waals surface area contributed by atoms with Crippen molar-refractivity contribution >= 4 is 52.3 Å². The number of nitrogens with two attached hydrogens (primary N) is 2. The summed E-state index contributed by atoms with van der Waals surface area (Å²) in [5.41, 5.74) is 16.8. The van der Waals surface area contributed by atoms with Crippen molar-refractivity contribution in [1.82, 2.24) is 42.2 Å². The molecule has 0 saturated carbocycles. The zero-order valence-corrected chi connectivity index (χ0v) is 46.5. The van der Waals surface area contributed by atoms with Gasteiger partial charge in [0.15, 0.2) is 0 Å². The molecule has 1 aliphatic rings. The Morgan fingerprint density at radius 1 is 0.627 bits per heavy atom. The molecule has 83 heavy (non-hydrogen) atoms. The van der Waals surface area contributed by atoms with Crippen LogP contribution < -0.4 is 53.4 Å². The number of para-hydroxylation sites is 1. The van der Waals surface area contributed by atoms with Gasteiger partial charge in [-0.05, 0) is 98.0 Å². The molecule has 20 nitrogen and oxygen atoms in total. The maximum atomic E-state index is 15.0. The van der Waals surface area contributed by atoms with Crippen LogP contribution in [0.1, 0.15) is 66.8 Å². The Balaban J connectivity index is 1.28. The number of carbonyl (C=O) groups excluding carboxylic acids is 7. The number of amides is 7. The highest BCUT2D eigenvalue weighted by molar-refractivity contribution is 5.98. The lowest BCUT2D eigenvalue weighted by atomic mass is 10.00. The van der Waals surface area contributed by atoms with Crippen LogP contribution in [0.3, 0.4) is 0 Å². The van der Waals surface area contributed by atoms with Gasteiger partial charge in [-0.15, -0.1) is 0 Å². The molecule has 0 spiro atoms. The van der Waals surface area contributed by atoms with Crippen molar-refractivity contribution in [2.45, 2.75) is 126 Å². The van der Waals surface area contributed by atoms with E-state index < -0.39 is 102 Å². The second kappa shape index (κ2) is 31.5. The van der Waals surface area contributed by atoms with Gasteiger partial charge in [-0.25, -0.2) is 0 Å². The molecule has 20 heteroatoms. The Hall–Kier alpha value is -8.69. The molecule has 7 amide bonds. The third kappa shape index (κ3) is 18.9. The normalized spacial score (nSPS) is 20.9. The third-order valence-corrected chi connectivity index (χ3v) is 14.4. The number of ether oxygens (including phenoxy) is 1. The zero-order chi connectivity index (χ0) is 59.1. The average molecular weight is 1130 g/mol. The molecule has 0 unspecified atom stereocenters. The number of hydrogen-bond donors (Lipinski definition) is 12. The smallest absolute Gasteiger partial charge is 0.243 e. The van der Waals surface area contributed by atoms with Crippen LogP contribution in [0.5, 0.6) is 5.75 Å². The lowest BCUT2D eigenvalue weighted by Crippen LogP contribution is -2.61. The summed E-state index contributed by atoms with van der Waals surface area (Å²) in [4.78, 5) is 106. The number of aliphatic hydroxyl groups excluding tert-OH is 2. The van der Waals surface area contributed by atoms with Gasteiger partial charge >= 0.3 is 0 Å². The van der Waals surface area contributed by atoms with Gasteiger partial charge in [0.2, 0.25) is 41.4 Å². The quantitative estimate of drug-likeness (QED) is 0.0366. The molecule has 7 rings (SSSR count). The molecule has 0 saturated heterocycles. The van der Waals surface area contributed by atoms with Crippen LogP contribution in [0.4, 0.5) is 0 Å². The standard InChI is InChI=1S/C63H76N10O10/c1-40(75)56(38-74)73-60(79)51-26-14-13-25-50(67-57(76)48(65)33-41-17-5-2-6-18-41)58(77)70-53(34-42-19-7-3-8-20-42)62(81)72-55(36-45-37-66-49-24-12-11-23-47(45)49)63(82)69-52(27-15-16-32-64)59(78)71-54(61(80)68-51)35-43-28-30-46(31-29-43)83-39-44-21-9-4-10-22-44/h2-14,17-24,28-31,37,40,48,50-56,66,74-75H,15-16,25-27,32-36,38-39,64-65H2,1H3,(H,67,76)(H,68,80)(H,69,82)(H,70,77)(H,71,78)(H,72,81)(H,73,79)/b14-13-/t40-,48-,50+,51+,52+,53+,54+,55-,56-/m1/s1. The summed E-state index contributed by atoms with van der Waals surface area (Å²) in [5.74, 6) is -4.75.